The Hall–Kier alpha value is -0.380. The average molecular weight is 276 g/mol. The molecule has 5 heteroatoms. The largest absolute Gasteiger partial charge is 0.439 e. The molecule has 2 aromatic rings. The van der Waals surface area contributed by atoms with Gasteiger partial charge in [-0.15, -0.1) is 0 Å². The lowest BCUT2D eigenvalue weighted by atomic mass is 9.97. The Labute approximate surface area is 108 Å². The zero-order chi connectivity index (χ0) is 11.9. The standard InChI is InChI=1S/C11H11Cl2NOS/c1-11(2,3)10-14-7-5-4-6(12)9(16-13)8(7)15-10/h4-5H,1-3H3. The van der Waals surface area contributed by atoms with Crippen LogP contribution in [0.3, 0.4) is 0 Å². The van der Waals surface area contributed by atoms with Crippen LogP contribution in [0.4, 0.5) is 0 Å². The highest BCUT2D eigenvalue weighted by Gasteiger charge is 2.22. The van der Waals surface area contributed by atoms with E-state index in [4.69, 9.17) is 26.7 Å². The Kier molecular flexibility index (Phi) is 3.12. The van der Waals surface area contributed by atoms with E-state index in [9.17, 15) is 0 Å². The van der Waals surface area contributed by atoms with Gasteiger partial charge in [0.2, 0.25) is 5.89 Å². The minimum Gasteiger partial charge on any atom is -0.439 e. The van der Waals surface area contributed by atoms with Gasteiger partial charge in [0.15, 0.2) is 5.58 Å². The van der Waals surface area contributed by atoms with E-state index in [1.54, 1.807) is 6.07 Å². The predicted molar refractivity (Wildman–Crippen MR) is 69.4 cm³/mol. The lowest BCUT2D eigenvalue weighted by Gasteiger charge is -2.11. The number of nitrogens with zero attached hydrogens (tertiary/aromatic N) is 1. The second-order valence-corrected chi connectivity index (χ2v) is 6.00. The van der Waals surface area contributed by atoms with Crippen molar-refractivity contribution in [3.8, 4) is 0 Å². The highest BCUT2D eigenvalue weighted by Crippen LogP contribution is 2.38. The molecular formula is C11H11Cl2NOS. The van der Waals surface area contributed by atoms with Crippen LogP contribution in [0.5, 0.6) is 0 Å². The van der Waals surface area contributed by atoms with E-state index in [0.717, 1.165) is 21.4 Å². The molecule has 16 heavy (non-hydrogen) atoms. The zero-order valence-corrected chi connectivity index (χ0v) is 11.5. The molecule has 0 N–H and O–H groups in total. The average Bonchev–Trinajstić information content (AvgIpc) is 2.60. The maximum Gasteiger partial charge on any atom is 0.200 e. The number of halogens is 2. The lowest BCUT2D eigenvalue weighted by molar-refractivity contribution is 0.409. The SMILES string of the molecule is CC(C)(C)c1nc2ccc(Cl)c(SCl)c2o1. The molecule has 0 spiro atoms. The summed E-state index contributed by atoms with van der Waals surface area (Å²) in [6.45, 7) is 6.15. The van der Waals surface area contributed by atoms with Gasteiger partial charge in [-0.25, -0.2) is 4.98 Å². The van der Waals surface area contributed by atoms with Crippen molar-refractivity contribution in [2.45, 2.75) is 31.1 Å². The number of benzene rings is 1. The van der Waals surface area contributed by atoms with Crippen molar-refractivity contribution in [1.82, 2.24) is 4.98 Å². The molecule has 0 saturated carbocycles. The van der Waals surface area contributed by atoms with Crippen molar-refractivity contribution >= 4 is 44.4 Å². The molecular weight excluding hydrogens is 265 g/mol. The Morgan fingerprint density at radius 2 is 2.00 bits per heavy atom. The fourth-order valence-electron chi connectivity index (χ4n) is 1.34. The van der Waals surface area contributed by atoms with Crippen molar-refractivity contribution in [2.75, 3.05) is 0 Å². The molecule has 1 heterocycles. The van der Waals surface area contributed by atoms with E-state index in [1.165, 1.54) is 0 Å². The first-order valence-electron chi connectivity index (χ1n) is 4.81. The second-order valence-electron chi connectivity index (χ2n) is 4.57. The van der Waals surface area contributed by atoms with Crippen LogP contribution in [0.2, 0.25) is 5.02 Å². The summed E-state index contributed by atoms with van der Waals surface area (Å²) in [6.07, 6.45) is 0. The quantitative estimate of drug-likeness (QED) is 0.731. The summed E-state index contributed by atoms with van der Waals surface area (Å²) >= 11 is 6.03. The highest BCUT2D eigenvalue weighted by molar-refractivity contribution is 8.21. The molecule has 0 aliphatic rings. The zero-order valence-electron chi connectivity index (χ0n) is 9.17. The first kappa shape index (κ1) is 12.1. The molecule has 1 aromatic carbocycles. The second kappa shape index (κ2) is 4.13. The van der Waals surface area contributed by atoms with Gasteiger partial charge in [-0.05, 0) is 33.8 Å². The van der Waals surface area contributed by atoms with Crippen molar-refractivity contribution in [3.05, 3.63) is 23.0 Å². The van der Waals surface area contributed by atoms with Crippen LogP contribution in [-0.4, -0.2) is 4.98 Å². The third-order valence-corrected chi connectivity index (χ3v) is 3.63. The van der Waals surface area contributed by atoms with E-state index >= 15 is 0 Å². The Morgan fingerprint density at radius 1 is 1.31 bits per heavy atom. The summed E-state index contributed by atoms with van der Waals surface area (Å²) in [4.78, 5) is 5.16. The third-order valence-electron chi connectivity index (χ3n) is 2.18. The van der Waals surface area contributed by atoms with Gasteiger partial charge in [-0.3, -0.25) is 0 Å². The summed E-state index contributed by atoms with van der Waals surface area (Å²) in [5.74, 6) is 0.691. The molecule has 0 aliphatic heterocycles. The maximum absolute atomic E-state index is 6.03. The van der Waals surface area contributed by atoms with Crippen molar-refractivity contribution in [2.24, 2.45) is 0 Å². The number of fused-ring (bicyclic) bond motifs is 1. The number of aromatic nitrogens is 1. The molecule has 0 aliphatic carbocycles. The van der Waals surface area contributed by atoms with Gasteiger partial charge in [0.1, 0.15) is 5.52 Å². The number of hydrogen-bond acceptors (Lipinski definition) is 3. The van der Waals surface area contributed by atoms with Gasteiger partial charge >= 0.3 is 0 Å². The van der Waals surface area contributed by atoms with Crippen LogP contribution in [0.15, 0.2) is 21.4 Å². The van der Waals surface area contributed by atoms with Gasteiger partial charge in [0, 0.05) is 5.41 Å². The molecule has 0 fully saturated rings. The molecule has 2 nitrogen and oxygen atoms in total. The Bertz CT molecular complexity index is 530. The van der Waals surface area contributed by atoms with Crippen LogP contribution in [0.25, 0.3) is 11.1 Å². The van der Waals surface area contributed by atoms with E-state index in [2.05, 4.69) is 4.98 Å². The summed E-state index contributed by atoms with van der Waals surface area (Å²) in [6, 6.07) is 3.62. The van der Waals surface area contributed by atoms with Crippen molar-refractivity contribution in [1.29, 1.82) is 0 Å². The minimum absolute atomic E-state index is 0.125. The van der Waals surface area contributed by atoms with Crippen LogP contribution in [0.1, 0.15) is 26.7 Å². The van der Waals surface area contributed by atoms with Crippen LogP contribution in [0, 0.1) is 0 Å². The monoisotopic (exact) mass is 275 g/mol. The van der Waals surface area contributed by atoms with Gasteiger partial charge in [0.25, 0.3) is 0 Å². The van der Waals surface area contributed by atoms with Crippen LogP contribution >= 0.6 is 33.3 Å². The summed E-state index contributed by atoms with van der Waals surface area (Å²) < 4.78 is 5.73. The van der Waals surface area contributed by atoms with E-state index in [0.29, 0.717) is 16.5 Å². The van der Waals surface area contributed by atoms with E-state index < -0.39 is 0 Å². The fourth-order valence-corrected chi connectivity index (χ4v) is 2.54. The van der Waals surface area contributed by atoms with E-state index in [1.807, 2.05) is 26.8 Å². The van der Waals surface area contributed by atoms with Crippen LogP contribution < -0.4 is 0 Å². The molecule has 2 rings (SSSR count). The molecule has 0 atom stereocenters. The van der Waals surface area contributed by atoms with Gasteiger partial charge in [-0.1, -0.05) is 32.4 Å². The molecule has 0 amide bonds. The number of rotatable bonds is 1. The predicted octanol–water partition coefficient (Wildman–Crippen LogP) is 5.02. The molecule has 0 unspecified atom stereocenters. The smallest absolute Gasteiger partial charge is 0.200 e. The maximum atomic E-state index is 6.03. The van der Waals surface area contributed by atoms with Crippen LogP contribution in [-0.2, 0) is 5.41 Å². The van der Waals surface area contributed by atoms with Gasteiger partial charge in [0.05, 0.1) is 9.92 Å². The summed E-state index contributed by atoms with van der Waals surface area (Å²) in [5, 5.41) is 0.587. The fraction of sp³-hybridized carbons (Fsp3) is 0.364. The van der Waals surface area contributed by atoms with Crippen molar-refractivity contribution in [3.63, 3.8) is 0 Å². The summed E-state index contributed by atoms with van der Waals surface area (Å²) in [5.41, 5.74) is 1.33. The third kappa shape index (κ3) is 2.04. The lowest BCUT2D eigenvalue weighted by Crippen LogP contribution is -2.10. The first-order valence-corrected chi connectivity index (χ1v) is 6.83. The van der Waals surface area contributed by atoms with E-state index in [-0.39, 0.29) is 5.41 Å². The molecule has 1 aromatic heterocycles. The Balaban J connectivity index is 2.71. The number of oxazole rings is 1. The minimum atomic E-state index is -0.125. The first-order chi connectivity index (χ1) is 7.43. The molecule has 0 bridgehead atoms. The topological polar surface area (TPSA) is 26.0 Å². The Morgan fingerprint density at radius 3 is 2.56 bits per heavy atom. The molecule has 86 valence electrons. The number of hydrogen-bond donors (Lipinski definition) is 0. The summed E-state index contributed by atoms with van der Waals surface area (Å²) in [7, 11) is 6.83. The van der Waals surface area contributed by atoms with Crippen molar-refractivity contribution < 1.29 is 4.42 Å². The van der Waals surface area contributed by atoms with Gasteiger partial charge in [-0.2, -0.15) is 0 Å². The highest BCUT2D eigenvalue weighted by atomic mass is 35.7. The van der Waals surface area contributed by atoms with Gasteiger partial charge < -0.3 is 4.42 Å². The molecule has 0 saturated heterocycles. The molecule has 0 radical (unpaired) electrons. The normalized spacial score (nSPS) is 12.3.